The SMILES string of the molecule is CC[C@H](C)N(C)S(=O)(=O)c1ccc2c(c1)CCCC2. The average Bonchev–Trinajstić information content (AvgIpc) is 2.45. The van der Waals surface area contributed by atoms with Gasteiger partial charge in [-0.1, -0.05) is 13.0 Å². The van der Waals surface area contributed by atoms with Gasteiger partial charge >= 0.3 is 0 Å². The van der Waals surface area contributed by atoms with Gasteiger partial charge in [0.1, 0.15) is 0 Å². The average molecular weight is 281 g/mol. The fourth-order valence-corrected chi connectivity index (χ4v) is 4.02. The van der Waals surface area contributed by atoms with E-state index in [-0.39, 0.29) is 6.04 Å². The fourth-order valence-electron chi connectivity index (χ4n) is 2.53. The molecule has 4 heteroatoms. The Morgan fingerprint density at radius 3 is 2.47 bits per heavy atom. The van der Waals surface area contributed by atoms with Crippen molar-refractivity contribution in [3.05, 3.63) is 29.3 Å². The maximum absolute atomic E-state index is 12.5. The first-order chi connectivity index (χ1) is 8.96. The predicted octanol–water partition coefficient (Wildman–Crippen LogP) is 2.98. The lowest BCUT2D eigenvalue weighted by molar-refractivity contribution is 0.380. The first kappa shape index (κ1) is 14.5. The minimum atomic E-state index is -3.35. The molecule has 0 saturated carbocycles. The van der Waals surface area contributed by atoms with Crippen LogP contribution in [0.15, 0.2) is 23.1 Å². The maximum Gasteiger partial charge on any atom is 0.243 e. The quantitative estimate of drug-likeness (QED) is 0.851. The van der Waals surface area contributed by atoms with Crippen molar-refractivity contribution < 1.29 is 8.42 Å². The zero-order chi connectivity index (χ0) is 14.0. The van der Waals surface area contributed by atoms with E-state index in [9.17, 15) is 8.42 Å². The van der Waals surface area contributed by atoms with Crippen LogP contribution >= 0.6 is 0 Å². The Bertz CT molecular complexity index is 551. The van der Waals surface area contributed by atoms with Crippen LogP contribution in [0.4, 0.5) is 0 Å². The number of hydrogen-bond acceptors (Lipinski definition) is 2. The van der Waals surface area contributed by atoms with E-state index in [0.29, 0.717) is 4.90 Å². The summed E-state index contributed by atoms with van der Waals surface area (Å²) in [5.41, 5.74) is 2.53. The van der Waals surface area contributed by atoms with Gasteiger partial charge in [-0.2, -0.15) is 4.31 Å². The van der Waals surface area contributed by atoms with Gasteiger partial charge in [-0.25, -0.2) is 8.42 Å². The maximum atomic E-state index is 12.5. The smallest absolute Gasteiger partial charge is 0.207 e. The summed E-state index contributed by atoms with van der Waals surface area (Å²) in [5, 5.41) is 0. The molecule has 0 fully saturated rings. The molecule has 0 aromatic heterocycles. The van der Waals surface area contributed by atoms with Gasteiger partial charge in [-0.3, -0.25) is 0 Å². The molecule has 106 valence electrons. The van der Waals surface area contributed by atoms with Crippen LogP contribution in [0.5, 0.6) is 0 Å². The molecule has 3 nitrogen and oxygen atoms in total. The van der Waals surface area contributed by atoms with Crippen LogP contribution in [0.2, 0.25) is 0 Å². The van der Waals surface area contributed by atoms with Crippen LogP contribution in [0.1, 0.15) is 44.2 Å². The van der Waals surface area contributed by atoms with Gasteiger partial charge < -0.3 is 0 Å². The van der Waals surface area contributed by atoms with Gasteiger partial charge in [0.15, 0.2) is 0 Å². The van der Waals surface area contributed by atoms with E-state index in [1.165, 1.54) is 21.9 Å². The number of rotatable bonds is 4. The molecule has 1 aliphatic rings. The Morgan fingerprint density at radius 2 is 1.84 bits per heavy atom. The molecule has 0 aliphatic heterocycles. The largest absolute Gasteiger partial charge is 0.243 e. The molecular formula is C15H23NO2S. The molecule has 0 spiro atoms. The van der Waals surface area contributed by atoms with Crippen LogP contribution in [-0.2, 0) is 22.9 Å². The highest BCUT2D eigenvalue weighted by Crippen LogP contribution is 2.26. The topological polar surface area (TPSA) is 37.4 Å². The van der Waals surface area contributed by atoms with Gasteiger partial charge in [0, 0.05) is 13.1 Å². The van der Waals surface area contributed by atoms with E-state index >= 15 is 0 Å². The van der Waals surface area contributed by atoms with Crippen LogP contribution < -0.4 is 0 Å². The first-order valence-electron chi connectivity index (χ1n) is 7.06. The molecule has 0 heterocycles. The zero-order valence-electron chi connectivity index (χ0n) is 12.0. The molecule has 0 bridgehead atoms. The van der Waals surface area contributed by atoms with E-state index in [1.807, 2.05) is 26.0 Å². The predicted molar refractivity (Wildman–Crippen MR) is 77.8 cm³/mol. The first-order valence-corrected chi connectivity index (χ1v) is 8.50. The van der Waals surface area contributed by atoms with Gasteiger partial charge in [0.25, 0.3) is 0 Å². The van der Waals surface area contributed by atoms with E-state index in [2.05, 4.69) is 0 Å². The van der Waals surface area contributed by atoms with Crippen LogP contribution in [0.3, 0.4) is 0 Å². The summed E-state index contributed by atoms with van der Waals surface area (Å²) in [7, 11) is -1.68. The van der Waals surface area contributed by atoms with Gasteiger partial charge in [0.05, 0.1) is 4.90 Å². The van der Waals surface area contributed by atoms with Crippen LogP contribution in [-0.4, -0.2) is 25.8 Å². The van der Waals surface area contributed by atoms with E-state index in [4.69, 9.17) is 0 Å². The van der Waals surface area contributed by atoms with Gasteiger partial charge in [-0.05, 0) is 62.3 Å². The summed E-state index contributed by atoms with van der Waals surface area (Å²) >= 11 is 0. The minimum Gasteiger partial charge on any atom is -0.207 e. The van der Waals surface area contributed by atoms with Crippen molar-refractivity contribution in [3.63, 3.8) is 0 Å². The van der Waals surface area contributed by atoms with Crippen molar-refractivity contribution in [1.82, 2.24) is 4.31 Å². The third-order valence-electron chi connectivity index (χ3n) is 4.21. The van der Waals surface area contributed by atoms with Crippen molar-refractivity contribution in [2.75, 3.05) is 7.05 Å². The third kappa shape index (κ3) is 2.84. The molecule has 1 aromatic carbocycles. The van der Waals surface area contributed by atoms with Crippen LogP contribution in [0.25, 0.3) is 0 Å². The molecule has 0 radical (unpaired) electrons. The molecule has 19 heavy (non-hydrogen) atoms. The van der Waals surface area contributed by atoms with Gasteiger partial charge in [-0.15, -0.1) is 0 Å². The molecular weight excluding hydrogens is 258 g/mol. The molecule has 1 aliphatic carbocycles. The number of benzene rings is 1. The summed E-state index contributed by atoms with van der Waals surface area (Å²) < 4.78 is 26.6. The highest BCUT2D eigenvalue weighted by molar-refractivity contribution is 7.89. The normalized spacial score (nSPS) is 17.3. The van der Waals surface area contributed by atoms with Crippen molar-refractivity contribution in [2.45, 2.75) is 56.9 Å². The molecule has 2 rings (SSSR count). The van der Waals surface area contributed by atoms with E-state index in [1.54, 1.807) is 13.1 Å². The number of aryl methyl sites for hydroxylation is 2. The molecule has 1 aromatic rings. The highest BCUT2D eigenvalue weighted by Gasteiger charge is 2.25. The Kier molecular flexibility index (Phi) is 4.31. The highest BCUT2D eigenvalue weighted by atomic mass is 32.2. The van der Waals surface area contributed by atoms with Crippen molar-refractivity contribution >= 4 is 10.0 Å². The number of hydrogen-bond donors (Lipinski definition) is 0. The lowest BCUT2D eigenvalue weighted by Gasteiger charge is -2.24. The minimum absolute atomic E-state index is 0.0287. The summed E-state index contributed by atoms with van der Waals surface area (Å²) in [6.07, 6.45) is 5.28. The second-order valence-corrected chi connectivity index (χ2v) is 7.41. The Balaban J connectivity index is 2.36. The molecule has 1 atom stereocenters. The standard InChI is InChI=1S/C15H23NO2S/c1-4-12(2)16(3)19(17,18)15-10-9-13-7-5-6-8-14(13)11-15/h9-12H,4-8H2,1-3H3/t12-/m0/s1. The number of nitrogens with zero attached hydrogens (tertiary/aromatic N) is 1. The summed E-state index contributed by atoms with van der Waals surface area (Å²) in [4.78, 5) is 0.441. The molecule has 0 unspecified atom stereocenters. The van der Waals surface area contributed by atoms with Crippen molar-refractivity contribution in [3.8, 4) is 0 Å². The van der Waals surface area contributed by atoms with Crippen molar-refractivity contribution in [2.24, 2.45) is 0 Å². The zero-order valence-corrected chi connectivity index (χ0v) is 12.8. The summed E-state index contributed by atoms with van der Waals surface area (Å²) in [6.45, 7) is 3.94. The molecule has 0 amide bonds. The number of sulfonamides is 1. The Morgan fingerprint density at radius 1 is 1.21 bits per heavy atom. The fraction of sp³-hybridized carbons (Fsp3) is 0.600. The lowest BCUT2D eigenvalue weighted by atomic mass is 9.92. The van der Waals surface area contributed by atoms with E-state index < -0.39 is 10.0 Å². The second-order valence-electron chi connectivity index (χ2n) is 5.42. The van der Waals surface area contributed by atoms with E-state index in [0.717, 1.165) is 25.7 Å². The van der Waals surface area contributed by atoms with Crippen molar-refractivity contribution in [1.29, 1.82) is 0 Å². The lowest BCUT2D eigenvalue weighted by Crippen LogP contribution is -2.34. The molecule has 0 saturated heterocycles. The van der Waals surface area contributed by atoms with Gasteiger partial charge in [0.2, 0.25) is 10.0 Å². The summed E-state index contributed by atoms with van der Waals surface area (Å²) in [5.74, 6) is 0. The van der Waals surface area contributed by atoms with Crippen LogP contribution in [0, 0.1) is 0 Å². The third-order valence-corrected chi connectivity index (χ3v) is 6.18. The Labute approximate surface area is 116 Å². The monoisotopic (exact) mass is 281 g/mol. The second kappa shape index (κ2) is 5.63. The Hall–Kier alpha value is -0.870. The number of fused-ring (bicyclic) bond motifs is 1. The summed E-state index contributed by atoms with van der Waals surface area (Å²) in [6, 6.07) is 5.66. The molecule has 0 N–H and O–H groups in total.